The minimum atomic E-state index is -0.531. The molecule has 6 heteroatoms. The number of nitro benzene ring substituents is 1. The van der Waals surface area contributed by atoms with Crippen molar-refractivity contribution in [2.75, 3.05) is 0 Å². The quantitative estimate of drug-likeness (QED) is 0.450. The molecule has 0 saturated carbocycles. The van der Waals surface area contributed by atoms with E-state index in [9.17, 15) is 10.1 Å². The van der Waals surface area contributed by atoms with Gasteiger partial charge in [0.15, 0.2) is 0 Å². The molecule has 64 valence electrons. The molecule has 0 amide bonds. The summed E-state index contributed by atoms with van der Waals surface area (Å²) in [5, 5.41) is 10.6. The van der Waals surface area contributed by atoms with Crippen molar-refractivity contribution in [3.63, 3.8) is 0 Å². The second-order valence-electron chi connectivity index (χ2n) is 1.95. The molecule has 1 aromatic carbocycles. The normalized spacial score (nSPS) is 9.92. The second-order valence-corrected chi connectivity index (χ2v) is 4.04. The van der Waals surface area contributed by atoms with Crippen molar-refractivity contribution in [3.05, 3.63) is 36.2 Å². The molecule has 0 aromatic heterocycles. The largest absolute Gasteiger partial charge is 0.303 e. The lowest BCUT2D eigenvalue weighted by atomic mass is 10.3. The highest BCUT2D eigenvalue weighted by molar-refractivity contribution is 9.11. The van der Waals surface area contributed by atoms with Gasteiger partial charge in [-0.2, -0.15) is 0 Å². The molecule has 0 aliphatic heterocycles. The summed E-state index contributed by atoms with van der Waals surface area (Å²) in [5.74, 6) is 0. The standard InChI is InChI=1S/C6H2Br2ClNO2/c7-3-1-2-4(8)6(5(3)9)10(11)12/h1-2H. The molecule has 0 atom stereocenters. The van der Waals surface area contributed by atoms with E-state index in [0.29, 0.717) is 8.95 Å². The molecule has 0 unspecified atom stereocenters. The Balaban J connectivity index is 3.43. The van der Waals surface area contributed by atoms with E-state index in [2.05, 4.69) is 31.9 Å². The van der Waals surface area contributed by atoms with Crippen LogP contribution in [0.15, 0.2) is 21.1 Å². The Morgan fingerprint density at radius 1 is 1.33 bits per heavy atom. The highest BCUT2D eigenvalue weighted by Gasteiger charge is 2.18. The Morgan fingerprint density at radius 3 is 2.25 bits per heavy atom. The van der Waals surface area contributed by atoms with Crippen LogP contribution in [0.2, 0.25) is 5.02 Å². The van der Waals surface area contributed by atoms with Crippen molar-refractivity contribution in [1.82, 2.24) is 0 Å². The average molecular weight is 315 g/mol. The number of halogens is 3. The number of hydrogen-bond donors (Lipinski definition) is 0. The third kappa shape index (κ3) is 1.78. The number of rotatable bonds is 1. The predicted molar refractivity (Wildman–Crippen MR) is 53.5 cm³/mol. The molecule has 0 bridgehead atoms. The summed E-state index contributed by atoms with van der Waals surface area (Å²) in [7, 11) is 0. The second kappa shape index (κ2) is 3.72. The predicted octanol–water partition coefficient (Wildman–Crippen LogP) is 3.77. The van der Waals surface area contributed by atoms with E-state index < -0.39 is 4.92 Å². The molecule has 12 heavy (non-hydrogen) atoms. The number of hydrogen-bond acceptors (Lipinski definition) is 2. The zero-order valence-corrected chi connectivity index (χ0v) is 9.48. The summed E-state index contributed by atoms with van der Waals surface area (Å²) >= 11 is 11.8. The summed E-state index contributed by atoms with van der Waals surface area (Å²) in [6.45, 7) is 0. The van der Waals surface area contributed by atoms with Crippen molar-refractivity contribution in [2.24, 2.45) is 0 Å². The number of benzene rings is 1. The molecular formula is C6H2Br2ClNO2. The van der Waals surface area contributed by atoms with Gasteiger partial charge in [0.1, 0.15) is 5.02 Å². The van der Waals surface area contributed by atoms with Gasteiger partial charge in [-0.05, 0) is 44.0 Å². The first kappa shape index (κ1) is 9.95. The molecule has 0 saturated heterocycles. The Hall–Kier alpha value is -0.130. The lowest BCUT2D eigenvalue weighted by molar-refractivity contribution is -0.385. The van der Waals surface area contributed by atoms with Crippen molar-refractivity contribution < 1.29 is 4.92 Å². The fourth-order valence-electron chi connectivity index (χ4n) is 0.684. The zero-order valence-electron chi connectivity index (χ0n) is 5.55. The minimum Gasteiger partial charge on any atom is -0.258 e. The lowest BCUT2D eigenvalue weighted by Crippen LogP contribution is -1.90. The number of nitro groups is 1. The van der Waals surface area contributed by atoms with Gasteiger partial charge in [0.25, 0.3) is 0 Å². The maximum absolute atomic E-state index is 10.5. The van der Waals surface area contributed by atoms with Crippen LogP contribution >= 0.6 is 43.5 Å². The average Bonchev–Trinajstić information content (AvgIpc) is 1.97. The van der Waals surface area contributed by atoms with E-state index >= 15 is 0 Å². The smallest absolute Gasteiger partial charge is 0.258 e. The van der Waals surface area contributed by atoms with Crippen LogP contribution < -0.4 is 0 Å². The molecular weight excluding hydrogens is 313 g/mol. The van der Waals surface area contributed by atoms with Gasteiger partial charge >= 0.3 is 5.69 Å². The van der Waals surface area contributed by atoms with E-state index in [1.54, 1.807) is 12.1 Å². The summed E-state index contributed by atoms with van der Waals surface area (Å²) < 4.78 is 0.889. The molecule has 0 N–H and O–H groups in total. The van der Waals surface area contributed by atoms with Gasteiger partial charge in [-0.25, -0.2) is 0 Å². The van der Waals surface area contributed by atoms with E-state index in [0.717, 1.165) is 0 Å². The van der Waals surface area contributed by atoms with E-state index in [1.165, 1.54) is 0 Å². The molecule has 0 radical (unpaired) electrons. The van der Waals surface area contributed by atoms with Crippen LogP contribution in [0.5, 0.6) is 0 Å². The van der Waals surface area contributed by atoms with Gasteiger partial charge < -0.3 is 0 Å². The Kier molecular flexibility index (Phi) is 3.09. The first-order valence-electron chi connectivity index (χ1n) is 2.82. The van der Waals surface area contributed by atoms with Crippen LogP contribution in [0, 0.1) is 10.1 Å². The summed E-state index contributed by atoms with van der Waals surface area (Å²) in [6, 6.07) is 3.20. The highest BCUT2D eigenvalue weighted by atomic mass is 79.9. The van der Waals surface area contributed by atoms with E-state index in [-0.39, 0.29) is 10.7 Å². The van der Waals surface area contributed by atoms with Crippen molar-refractivity contribution in [2.45, 2.75) is 0 Å². The zero-order chi connectivity index (χ0) is 9.30. The first-order valence-corrected chi connectivity index (χ1v) is 4.78. The Morgan fingerprint density at radius 2 is 1.83 bits per heavy atom. The molecule has 0 aliphatic carbocycles. The van der Waals surface area contributed by atoms with Crippen LogP contribution in [0.25, 0.3) is 0 Å². The van der Waals surface area contributed by atoms with E-state index in [4.69, 9.17) is 11.6 Å². The van der Waals surface area contributed by atoms with Gasteiger partial charge in [-0.3, -0.25) is 10.1 Å². The van der Waals surface area contributed by atoms with Crippen LogP contribution in [0.4, 0.5) is 5.69 Å². The number of nitrogens with zero attached hydrogens (tertiary/aromatic N) is 1. The summed E-state index contributed by atoms with van der Waals surface area (Å²) in [6.07, 6.45) is 0. The van der Waals surface area contributed by atoms with Gasteiger partial charge in [0.2, 0.25) is 0 Å². The maximum atomic E-state index is 10.5. The Bertz CT molecular complexity index is 343. The molecule has 0 heterocycles. The SMILES string of the molecule is O=[N+]([O-])c1c(Br)ccc(Br)c1Cl. The van der Waals surface area contributed by atoms with Gasteiger partial charge in [0, 0.05) is 4.47 Å². The molecule has 0 aliphatic rings. The van der Waals surface area contributed by atoms with E-state index in [1.807, 2.05) is 0 Å². The summed E-state index contributed by atoms with van der Waals surface area (Å²) in [5.41, 5.74) is -0.119. The third-order valence-electron chi connectivity index (χ3n) is 1.20. The van der Waals surface area contributed by atoms with Crippen LogP contribution in [0.3, 0.4) is 0 Å². The molecule has 0 spiro atoms. The maximum Gasteiger partial charge on any atom is 0.303 e. The van der Waals surface area contributed by atoms with Gasteiger partial charge in [-0.1, -0.05) is 11.6 Å². The Labute approximate surface area is 90.1 Å². The fourth-order valence-corrected chi connectivity index (χ4v) is 1.83. The first-order chi connectivity index (χ1) is 5.54. The minimum absolute atomic E-state index is 0.106. The molecule has 0 fully saturated rings. The van der Waals surface area contributed by atoms with Crippen molar-refractivity contribution >= 4 is 49.1 Å². The van der Waals surface area contributed by atoms with Gasteiger partial charge in [-0.15, -0.1) is 0 Å². The van der Waals surface area contributed by atoms with Crippen molar-refractivity contribution in [3.8, 4) is 0 Å². The van der Waals surface area contributed by atoms with Gasteiger partial charge in [0.05, 0.1) is 9.40 Å². The molecule has 1 aromatic rings. The fraction of sp³-hybridized carbons (Fsp3) is 0. The molecule has 3 nitrogen and oxygen atoms in total. The van der Waals surface area contributed by atoms with Crippen molar-refractivity contribution in [1.29, 1.82) is 0 Å². The van der Waals surface area contributed by atoms with Crippen LogP contribution in [-0.2, 0) is 0 Å². The lowest BCUT2D eigenvalue weighted by Gasteiger charge is -1.99. The monoisotopic (exact) mass is 313 g/mol. The van der Waals surface area contributed by atoms with Crippen LogP contribution in [-0.4, -0.2) is 4.92 Å². The highest BCUT2D eigenvalue weighted by Crippen LogP contribution is 2.37. The molecule has 1 rings (SSSR count). The van der Waals surface area contributed by atoms with Crippen LogP contribution in [0.1, 0.15) is 0 Å². The topological polar surface area (TPSA) is 43.1 Å². The summed E-state index contributed by atoms with van der Waals surface area (Å²) in [4.78, 5) is 9.93. The third-order valence-corrected chi connectivity index (χ3v) is 3.11.